The van der Waals surface area contributed by atoms with E-state index in [1.165, 1.54) is 0 Å². The number of anilines is 1. The summed E-state index contributed by atoms with van der Waals surface area (Å²) in [4.78, 5) is 23.1. The molecule has 5 nitrogen and oxygen atoms in total. The molecule has 1 fully saturated rings. The number of carboxylic acid groups (broad SMARTS) is 1. The van der Waals surface area contributed by atoms with Crippen LogP contribution in [0.4, 0.5) is 10.5 Å². The molecular formula is C16H22N2O3. The van der Waals surface area contributed by atoms with E-state index in [1.54, 1.807) is 0 Å². The molecule has 0 saturated heterocycles. The second kappa shape index (κ2) is 7.11. The highest BCUT2D eigenvalue weighted by molar-refractivity contribution is 5.90. The van der Waals surface area contributed by atoms with Gasteiger partial charge in [0.1, 0.15) is 0 Å². The van der Waals surface area contributed by atoms with Crippen LogP contribution in [0.15, 0.2) is 24.3 Å². The topological polar surface area (TPSA) is 78.4 Å². The van der Waals surface area contributed by atoms with E-state index in [4.69, 9.17) is 0 Å². The van der Waals surface area contributed by atoms with Crippen molar-refractivity contribution >= 4 is 17.7 Å². The summed E-state index contributed by atoms with van der Waals surface area (Å²) in [7, 11) is 0. The molecule has 0 aliphatic heterocycles. The molecular weight excluding hydrogens is 268 g/mol. The lowest BCUT2D eigenvalue weighted by Crippen LogP contribution is -2.39. The van der Waals surface area contributed by atoms with Gasteiger partial charge in [-0.3, -0.25) is 4.79 Å². The van der Waals surface area contributed by atoms with Crippen molar-refractivity contribution in [3.8, 4) is 0 Å². The quantitative estimate of drug-likeness (QED) is 0.797. The maximum absolute atomic E-state index is 11.9. The Hall–Kier alpha value is -2.04. The van der Waals surface area contributed by atoms with Gasteiger partial charge in [-0.05, 0) is 37.3 Å². The van der Waals surface area contributed by atoms with Gasteiger partial charge in [-0.25, -0.2) is 4.79 Å². The Labute approximate surface area is 124 Å². The zero-order chi connectivity index (χ0) is 15.2. The van der Waals surface area contributed by atoms with Crippen molar-refractivity contribution in [2.24, 2.45) is 11.8 Å². The summed E-state index contributed by atoms with van der Waals surface area (Å²) in [6.45, 7) is 2.34. The largest absolute Gasteiger partial charge is 0.481 e. The molecule has 0 spiro atoms. The van der Waals surface area contributed by atoms with Crippen LogP contribution in [-0.4, -0.2) is 23.7 Å². The minimum atomic E-state index is -0.749. The van der Waals surface area contributed by atoms with Crippen LogP contribution in [0, 0.1) is 18.8 Å². The fourth-order valence-electron chi connectivity index (χ4n) is 2.88. The number of amides is 2. The number of para-hydroxylation sites is 1. The maximum Gasteiger partial charge on any atom is 0.319 e. The van der Waals surface area contributed by atoms with Gasteiger partial charge in [0.2, 0.25) is 0 Å². The van der Waals surface area contributed by atoms with Gasteiger partial charge >= 0.3 is 12.0 Å². The third-order valence-corrected chi connectivity index (χ3v) is 4.14. The van der Waals surface area contributed by atoms with Crippen LogP contribution in [0.25, 0.3) is 0 Å². The molecule has 5 heteroatoms. The van der Waals surface area contributed by atoms with E-state index in [9.17, 15) is 14.7 Å². The van der Waals surface area contributed by atoms with Crippen LogP contribution in [0.5, 0.6) is 0 Å². The summed E-state index contributed by atoms with van der Waals surface area (Å²) in [5, 5.41) is 14.8. The molecule has 0 aromatic heterocycles. The molecule has 21 heavy (non-hydrogen) atoms. The van der Waals surface area contributed by atoms with Crippen molar-refractivity contribution in [1.29, 1.82) is 0 Å². The third kappa shape index (κ3) is 4.21. The Morgan fingerprint density at radius 1 is 1.24 bits per heavy atom. The molecule has 3 N–H and O–H groups in total. The summed E-state index contributed by atoms with van der Waals surface area (Å²) in [5.74, 6) is -1.06. The highest BCUT2D eigenvalue weighted by Gasteiger charge is 2.30. The molecule has 1 saturated carbocycles. The molecule has 2 unspecified atom stereocenters. The van der Waals surface area contributed by atoms with Gasteiger partial charge < -0.3 is 15.7 Å². The van der Waals surface area contributed by atoms with E-state index >= 15 is 0 Å². The van der Waals surface area contributed by atoms with Crippen molar-refractivity contribution in [1.82, 2.24) is 5.32 Å². The Bertz CT molecular complexity index is 516. The van der Waals surface area contributed by atoms with Gasteiger partial charge in [0.25, 0.3) is 0 Å². The third-order valence-electron chi connectivity index (χ3n) is 4.14. The number of carboxylic acids is 1. The van der Waals surface area contributed by atoms with Gasteiger partial charge in [0, 0.05) is 12.2 Å². The van der Waals surface area contributed by atoms with Crippen LogP contribution in [0.2, 0.25) is 0 Å². The van der Waals surface area contributed by atoms with Crippen molar-refractivity contribution in [2.75, 3.05) is 11.9 Å². The number of rotatable bonds is 4. The van der Waals surface area contributed by atoms with Gasteiger partial charge in [0.15, 0.2) is 0 Å². The van der Waals surface area contributed by atoms with Crippen LogP contribution >= 0.6 is 0 Å². The molecule has 1 aliphatic carbocycles. The van der Waals surface area contributed by atoms with Crippen molar-refractivity contribution in [3.05, 3.63) is 29.8 Å². The Balaban J connectivity index is 1.86. The molecule has 2 atom stereocenters. The first-order chi connectivity index (χ1) is 10.1. The zero-order valence-corrected chi connectivity index (χ0v) is 12.3. The van der Waals surface area contributed by atoms with Crippen LogP contribution < -0.4 is 10.6 Å². The van der Waals surface area contributed by atoms with Crippen LogP contribution in [0.3, 0.4) is 0 Å². The number of carbonyl (C=O) groups is 2. The number of aliphatic carboxylic acids is 1. The first kappa shape index (κ1) is 15.4. The predicted molar refractivity (Wildman–Crippen MR) is 81.3 cm³/mol. The number of hydrogen-bond acceptors (Lipinski definition) is 2. The number of nitrogens with one attached hydrogen (secondary N) is 2. The average Bonchev–Trinajstić information content (AvgIpc) is 2.48. The van der Waals surface area contributed by atoms with Gasteiger partial charge in [-0.15, -0.1) is 0 Å². The van der Waals surface area contributed by atoms with E-state index in [1.807, 2.05) is 31.2 Å². The van der Waals surface area contributed by atoms with Crippen molar-refractivity contribution in [2.45, 2.75) is 32.6 Å². The molecule has 2 amide bonds. The number of hydrogen-bond donors (Lipinski definition) is 3. The highest BCUT2D eigenvalue weighted by atomic mass is 16.4. The van der Waals surface area contributed by atoms with E-state index < -0.39 is 5.97 Å². The number of urea groups is 1. The average molecular weight is 290 g/mol. The Kier molecular flexibility index (Phi) is 5.20. The molecule has 0 heterocycles. The predicted octanol–water partition coefficient (Wildman–Crippen LogP) is 3.01. The van der Waals surface area contributed by atoms with Gasteiger partial charge in [-0.2, -0.15) is 0 Å². The standard InChI is InChI=1S/C16H22N2O3/c1-11-6-2-5-9-14(11)18-16(21)17-10-12-7-3-4-8-13(12)15(19)20/h2,5-6,9,12-13H,3-4,7-8,10H2,1H3,(H,19,20)(H2,17,18,21). The second-order valence-electron chi connectivity index (χ2n) is 5.64. The monoisotopic (exact) mass is 290 g/mol. The fourth-order valence-corrected chi connectivity index (χ4v) is 2.88. The lowest BCUT2D eigenvalue weighted by atomic mass is 9.79. The number of benzene rings is 1. The molecule has 1 aromatic carbocycles. The molecule has 2 rings (SSSR count). The minimum Gasteiger partial charge on any atom is -0.481 e. The van der Waals surface area contributed by atoms with Crippen LogP contribution in [0.1, 0.15) is 31.2 Å². The SMILES string of the molecule is Cc1ccccc1NC(=O)NCC1CCCCC1C(=O)O. The number of aryl methyl sites for hydroxylation is 1. The molecule has 0 radical (unpaired) electrons. The molecule has 1 aliphatic rings. The summed E-state index contributed by atoms with van der Waals surface area (Å²) in [6, 6.07) is 7.27. The van der Waals surface area contributed by atoms with E-state index in [2.05, 4.69) is 10.6 Å². The summed E-state index contributed by atoms with van der Waals surface area (Å²) < 4.78 is 0. The van der Waals surface area contributed by atoms with Crippen LogP contribution in [-0.2, 0) is 4.79 Å². The smallest absolute Gasteiger partial charge is 0.319 e. The van der Waals surface area contributed by atoms with Gasteiger partial charge in [0.05, 0.1) is 5.92 Å². The van der Waals surface area contributed by atoms with E-state index in [-0.39, 0.29) is 17.9 Å². The lowest BCUT2D eigenvalue weighted by Gasteiger charge is -2.28. The summed E-state index contributed by atoms with van der Waals surface area (Å²) in [6.07, 6.45) is 3.57. The molecule has 1 aromatic rings. The zero-order valence-electron chi connectivity index (χ0n) is 12.3. The lowest BCUT2D eigenvalue weighted by molar-refractivity contribution is -0.144. The molecule has 0 bridgehead atoms. The first-order valence-electron chi connectivity index (χ1n) is 7.41. The van der Waals surface area contributed by atoms with Crippen molar-refractivity contribution < 1.29 is 14.7 Å². The summed E-state index contributed by atoms with van der Waals surface area (Å²) in [5.41, 5.74) is 1.77. The van der Waals surface area contributed by atoms with E-state index in [0.717, 1.165) is 30.5 Å². The Morgan fingerprint density at radius 2 is 1.95 bits per heavy atom. The Morgan fingerprint density at radius 3 is 2.67 bits per heavy atom. The van der Waals surface area contributed by atoms with Crippen molar-refractivity contribution in [3.63, 3.8) is 0 Å². The van der Waals surface area contributed by atoms with Gasteiger partial charge in [-0.1, -0.05) is 31.0 Å². The number of carbonyl (C=O) groups excluding carboxylic acids is 1. The minimum absolute atomic E-state index is 0.0267. The normalized spacial score (nSPS) is 21.6. The summed E-state index contributed by atoms with van der Waals surface area (Å²) >= 11 is 0. The first-order valence-corrected chi connectivity index (χ1v) is 7.41. The second-order valence-corrected chi connectivity index (χ2v) is 5.64. The maximum atomic E-state index is 11.9. The van der Waals surface area contributed by atoms with E-state index in [0.29, 0.717) is 13.0 Å². The highest BCUT2D eigenvalue weighted by Crippen LogP contribution is 2.29. The fraction of sp³-hybridized carbons (Fsp3) is 0.500. The molecule has 114 valence electrons.